The van der Waals surface area contributed by atoms with Crippen LogP contribution >= 0.6 is 0 Å². The molecule has 0 aliphatic carbocycles. The SMILES string of the molecule is O=c1[nH]c(=O)n([C@@H]2C[C@H](OCc3ccccc3)[C@@H](COCc3ccccc3)O2)cc1F. The predicted octanol–water partition coefficient (Wildman–Crippen LogP) is 2.77. The van der Waals surface area contributed by atoms with Crippen LogP contribution < -0.4 is 11.2 Å². The number of aromatic nitrogens is 2. The Balaban J connectivity index is 1.46. The molecule has 0 spiro atoms. The molecule has 1 aromatic heterocycles. The van der Waals surface area contributed by atoms with E-state index in [0.29, 0.717) is 19.6 Å². The molecule has 8 heteroatoms. The number of nitrogens with zero attached hydrogens (tertiary/aromatic N) is 1. The lowest BCUT2D eigenvalue weighted by Crippen LogP contribution is -2.34. The summed E-state index contributed by atoms with van der Waals surface area (Å²) >= 11 is 0. The van der Waals surface area contributed by atoms with Crippen molar-refractivity contribution in [2.45, 2.75) is 38.1 Å². The number of hydrogen-bond acceptors (Lipinski definition) is 5. The van der Waals surface area contributed by atoms with E-state index in [1.165, 1.54) is 0 Å². The zero-order chi connectivity index (χ0) is 21.6. The van der Waals surface area contributed by atoms with E-state index in [-0.39, 0.29) is 12.7 Å². The number of aromatic amines is 1. The normalized spacial score (nSPS) is 20.7. The number of nitrogens with one attached hydrogen (secondary N) is 1. The van der Waals surface area contributed by atoms with Crippen molar-refractivity contribution in [3.05, 3.63) is 105 Å². The third-order valence-electron chi connectivity index (χ3n) is 5.12. The number of hydrogen-bond donors (Lipinski definition) is 1. The molecule has 1 saturated heterocycles. The Labute approximate surface area is 178 Å². The Kier molecular flexibility index (Phi) is 6.71. The summed E-state index contributed by atoms with van der Waals surface area (Å²) in [4.78, 5) is 25.5. The molecule has 0 saturated carbocycles. The number of H-pyrrole nitrogens is 1. The summed E-state index contributed by atoms with van der Waals surface area (Å²) < 4.78 is 32.7. The molecule has 3 aromatic rings. The van der Waals surface area contributed by atoms with Crippen LogP contribution in [0.1, 0.15) is 23.8 Å². The molecule has 2 heterocycles. The summed E-state index contributed by atoms with van der Waals surface area (Å²) in [5.74, 6) is -1.05. The van der Waals surface area contributed by atoms with Crippen LogP contribution in [-0.2, 0) is 27.4 Å². The first-order valence-corrected chi connectivity index (χ1v) is 10.0. The molecule has 3 atom stereocenters. The predicted molar refractivity (Wildman–Crippen MR) is 111 cm³/mol. The molecule has 7 nitrogen and oxygen atoms in total. The van der Waals surface area contributed by atoms with Gasteiger partial charge in [-0.2, -0.15) is 4.39 Å². The Morgan fingerprint density at radius 1 is 1.00 bits per heavy atom. The molecule has 162 valence electrons. The zero-order valence-corrected chi connectivity index (χ0v) is 16.8. The van der Waals surface area contributed by atoms with Gasteiger partial charge in [0, 0.05) is 6.42 Å². The van der Waals surface area contributed by atoms with Gasteiger partial charge in [-0.15, -0.1) is 0 Å². The maximum Gasteiger partial charge on any atom is 0.330 e. The van der Waals surface area contributed by atoms with Crippen LogP contribution in [0.3, 0.4) is 0 Å². The minimum absolute atomic E-state index is 0.242. The fourth-order valence-corrected chi connectivity index (χ4v) is 3.52. The second-order valence-electron chi connectivity index (χ2n) is 7.34. The fourth-order valence-electron chi connectivity index (χ4n) is 3.52. The quantitative estimate of drug-likeness (QED) is 0.599. The van der Waals surface area contributed by atoms with Crippen molar-refractivity contribution in [2.75, 3.05) is 6.61 Å². The molecule has 1 aliphatic rings. The lowest BCUT2D eigenvalue weighted by Gasteiger charge is -2.19. The molecular formula is C23H23FN2O5. The van der Waals surface area contributed by atoms with E-state index in [1.807, 2.05) is 65.6 Å². The van der Waals surface area contributed by atoms with E-state index in [9.17, 15) is 14.0 Å². The molecular weight excluding hydrogens is 403 g/mol. The maximum atomic E-state index is 13.8. The highest BCUT2D eigenvalue weighted by Gasteiger charge is 2.38. The highest BCUT2D eigenvalue weighted by atomic mass is 19.1. The standard InChI is InChI=1S/C23H23FN2O5/c24-18-12-26(23(28)25-22(18)27)21-11-19(30-14-17-9-5-2-6-10-17)20(31-21)15-29-13-16-7-3-1-4-8-16/h1-10,12,19-21H,11,13-15H2,(H,25,27,28)/t19-,20+,21-/m0/s1. The Morgan fingerprint density at radius 3 is 2.32 bits per heavy atom. The van der Waals surface area contributed by atoms with Crippen LogP contribution in [0.5, 0.6) is 0 Å². The first-order valence-electron chi connectivity index (χ1n) is 10.0. The van der Waals surface area contributed by atoms with Crippen LogP contribution in [0.15, 0.2) is 76.4 Å². The van der Waals surface area contributed by atoms with Gasteiger partial charge in [-0.05, 0) is 11.1 Å². The van der Waals surface area contributed by atoms with Gasteiger partial charge in [-0.3, -0.25) is 14.3 Å². The van der Waals surface area contributed by atoms with Crippen LogP contribution in [0, 0.1) is 5.82 Å². The van der Waals surface area contributed by atoms with Crippen LogP contribution in [-0.4, -0.2) is 28.4 Å². The largest absolute Gasteiger partial charge is 0.374 e. The van der Waals surface area contributed by atoms with Crippen molar-refractivity contribution in [3.8, 4) is 0 Å². The molecule has 4 rings (SSSR count). The first-order chi connectivity index (χ1) is 15.1. The average molecular weight is 426 g/mol. The minimum atomic E-state index is -1.06. The van der Waals surface area contributed by atoms with E-state index >= 15 is 0 Å². The van der Waals surface area contributed by atoms with Crippen molar-refractivity contribution in [2.24, 2.45) is 0 Å². The van der Waals surface area contributed by atoms with Gasteiger partial charge in [0.1, 0.15) is 12.3 Å². The first kappa shape index (κ1) is 21.2. The number of rotatable bonds is 8. The second kappa shape index (κ2) is 9.82. The Morgan fingerprint density at radius 2 is 1.65 bits per heavy atom. The van der Waals surface area contributed by atoms with E-state index in [4.69, 9.17) is 14.2 Å². The molecule has 1 fully saturated rings. The molecule has 31 heavy (non-hydrogen) atoms. The van der Waals surface area contributed by atoms with Gasteiger partial charge < -0.3 is 14.2 Å². The van der Waals surface area contributed by atoms with Gasteiger partial charge in [0.05, 0.1) is 32.1 Å². The van der Waals surface area contributed by atoms with E-state index in [0.717, 1.165) is 21.9 Å². The lowest BCUT2D eigenvalue weighted by atomic mass is 10.1. The van der Waals surface area contributed by atoms with Crippen LogP contribution in [0.4, 0.5) is 4.39 Å². The van der Waals surface area contributed by atoms with Crippen molar-refractivity contribution in [1.82, 2.24) is 9.55 Å². The molecule has 0 amide bonds. The van der Waals surface area contributed by atoms with Gasteiger partial charge in [0.25, 0.3) is 5.56 Å². The maximum absolute atomic E-state index is 13.8. The average Bonchev–Trinajstić information content (AvgIpc) is 3.19. The zero-order valence-electron chi connectivity index (χ0n) is 16.8. The third kappa shape index (κ3) is 5.35. The van der Waals surface area contributed by atoms with Crippen molar-refractivity contribution in [1.29, 1.82) is 0 Å². The summed E-state index contributed by atoms with van der Waals surface area (Å²) in [6.45, 7) is 1.01. The lowest BCUT2D eigenvalue weighted by molar-refractivity contribution is -0.0833. The summed E-state index contributed by atoms with van der Waals surface area (Å²) in [6.07, 6.45) is -0.419. The van der Waals surface area contributed by atoms with Crippen LogP contribution in [0.25, 0.3) is 0 Å². The summed E-state index contributed by atoms with van der Waals surface area (Å²) in [5.41, 5.74) is 0.239. The summed E-state index contributed by atoms with van der Waals surface area (Å²) in [6, 6.07) is 19.4. The third-order valence-corrected chi connectivity index (χ3v) is 5.12. The highest BCUT2D eigenvalue weighted by molar-refractivity contribution is 5.14. The topological polar surface area (TPSA) is 82.6 Å². The molecule has 0 unspecified atom stereocenters. The Bertz CT molecular complexity index is 1100. The number of benzene rings is 2. The van der Waals surface area contributed by atoms with Crippen molar-refractivity contribution in [3.63, 3.8) is 0 Å². The molecule has 1 aliphatic heterocycles. The van der Waals surface area contributed by atoms with E-state index in [2.05, 4.69) is 0 Å². The molecule has 2 aromatic carbocycles. The van der Waals surface area contributed by atoms with Crippen LogP contribution in [0.2, 0.25) is 0 Å². The van der Waals surface area contributed by atoms with E-state index in [1.54, 1.807) is 0 Å². The highest BCUT2D eigenvalue weighted by Crippen LogP contribution is 2.31. The molecule has 1 N–H and O–H groups in total. The second-order valence-corrected chi connectivity index (χ2v) is 7.34. The Hall–Kier alpha value is -3.07. The number of ether oxygens (including phenoxy) is 3. The van der Waals surface area contributed by atoms with Crippen molar-refractivity contribution < 1.29 is 18.6 Å². The van der Waals surface area contributed by atoms with Gasteiger partial charge in [0.2, 0.25) is 5.82 Å². The summed E-state index contributed by atoms with van der Waals surface area (Å²) in [5, 5.41) is 0. The molecule has 0 radical (unpaired) electrons. The van der Waals surface area contributed by atoms with Crippen molar-refractivity contribution >= 4 is 0 Å². The van der Waals surface area contributed by atoms with Gasteiger partial charge in [-0.1, -0.05) is 60.7 Å². The minimum Gasteiger partial charge on any atom is -0.374 e. The van der Waals surface area contributed by atoms with Gasteiger partial charge >= 0.3 is 5.69 Å². The molecule has 0 bridgehead atoms. The van der Waals surface area contributed by atoms with Gasteiger partial charge in [0.15, 0.2) is 0 Å². The smallest absolute Gasteiger partial charge is 0.330 e. The van der Waals surface area contributed by atoms with E-state index < -0.39 is 29.4 Å². The monoisotopic (exact) mass is 426 g/mol. The summed E-state index contributed by atoms with van der Waals surface area (Å²) in [7, 11) is 0. The van der Waals surface area contributed by atoms with Gasteiger partial charge in [-0.25, -0.2) is 4.79 Å². The fraction of sp³-hybridized carbons (Fsp3) is 0.304. The number of halogens is 1.